The summed E-state index contributed by atoms with van der Waals surface area (Å²) in [4.78, 5) is 6.09. The molecule has 0 spiro atoms. The van der Waals surface area contributed by atoms with Crippen LogP contribution in [0.15, 0.2) is 24.3 Å². The zero-order valence-corrected chi connectivity index (χ0v) is 10.4. The largest absolute Gasteiger partial charge is 0.395 e. The van der Waals surface area contributed by atoms with Crippen LogP contribution in [0.4, 0.5) is 0 Å². The number of aromatic amines is 1. The molecule has 1 aromatic heterocycles. The topological polar surface area (TPSA) is 39.3 Å². The highest BCUT2D eigenvalue weighted by Gasteiger charge is 2.41. The minimum atomic E-state index is 0.269. The Morgan fingerprint density at radius 1 is 1.28 bits per heavy atom. The molecule has 3 nitrogen and oxygen atoms in total. The Kier molecular flexibility index (Phi) is 2.26. The number of nitrogens with one attached hydrogen (secondary N) is 1. The molecule has 1 fully saturated rings. The molecule has 0 radical (unpaired) electrons. The third kappa shape index (κ3) is 1.32. The second-order valence-corrected chi connectivity index (χ2v) is 5.48. The molecule has 2 aliphatic rings. The molecule has 2 aliphatic heterocycles. The van der Waals surface area contributed by atoms with Gasteiger partial charge in [0, 0.05) is 41.6 Å². The normalized spacial score (nSPS) is 26.7. The van der Waals surface area contributed by atoms with E-state index in [4.69, 9.17) is 0 Å². The summed E-state index contributed by atoms with van der Waals surface area (Å²) < 4.78 is 0. The number of benzene rings is 1. The molecule has 1 aromatic carbocycles. The Hall–Kier alpha value is -1.32. The van der Waals surface area contributed by atoms with Gasteiger partial charge < -0.3 is 10.1 Å². The molecule has 2 unspecified atom stereocenters. The molecule has 94 valence electrons. The quantitative estimate of drug-likeness (QED) is 0.847. The van der Waals surface area contributed by atoms with Gasteiger partial charge in [-0.05, 0) is 24.5 Å². The van der Waals surface area contributed by atoms with Crippen molar-refractivity contribution in [1.29, 1.82) is 0 Å². The van der Waals surface area contributed by atoms with Crippen molar-refractivity contribution in [3.63, 3.8) is 0 Å². The highest BCUT2D eigenvalue weighted by molar-refractivity contribution is 5.85. The van der Waals surface area contributed by atoms with E-state index < -0.39 is 0 Å². The number of fused-ring (bicyclic) bond motifs is 6. The van der Waals surface area contributed by atoms with Crippen molar-refractivity contribution in [3.05, 3.63) is 35.5 Å². The number of rotatable bonds is 2. The fraction of sp³-hybridized carbons (Fsp3) is 0.467. The number of nitrogens with zero attached hydrogens (tertiary/aromatic N) is 1. The molecule has 2 N–H and O–H groups in total. The summed E-state index contributed by atoms with van der Waals surface area (Å²) in [5, 5.41) is 10.6. The van der Waals surface area contributed by atoms with Crippen molar-refractivity contribution in [2.75, 3.05) is 13.2 Å². The van der Waals surface area contributed by atoms with Crippen LogP contribution in [0.25, 0.3) is 10.9 Å². The maximum atomic E-state index is 9.24. The molecule has 0 aliphatic carbocycles. The highest BCUT2D eigenvalue weighted by Crippen LogP contribution is 2.46. The van der Waals surface area contributed by atoms with Gasteiger partial charge in [-0.1, -0.05) is 18.2 Å². The first-order chi connectivity index (χ1) is 8.88. The predicted molar refractivity (Wildman–Crippen MR) is 71.6 cm³/mol. The summed E-state index contributed by atoms with van der Waals surface area (Å²) in [6.07, 6.45) is 3.61. The number of aliphatic hydroxyl groups excluding tert-OH is 1. The van der Waals surface area contributed by atoms with E-state index in [1.165, 1.54) is 35.0 Å². The zero-order valence-electron chi connectivity index (χ0n) is 10.4. The molecule has 2 aromatic rings. The summed E-state index contributed by atoms with van der Waals surface area (Å²) in [5.74, 6) is 0. The lowest BCUT2D eigenvalue weighted by molar-refractivity contribution is 0.136. The molecule has 4 rings (SSSR count). The summed E-state index contributed by atoms with van der Waals surface area (Å²) >= 11 is 0. The Labute approximate surface area is 106 Å². The molecule has 3 heteroatoms. The van der Waals surface area contributed by atoms with Crippen LogP contribution in [-0.2, 0) is 6.42 Å². The third-order valence-corrected chi connectivity index (χ3v) is 4.60. The fourth-order valence-corrected chi connectivity index (χ4v) is 3.92. The van der Waals surface area contributed by atoms with Gasteiger partial charge in [0.25, 0.3) is 0 Å². The first-order valence-electron chi connectivity index (χ1n) is 6.84. The van der Waals surface area contributed by atoms with Gasteiger partial charge in [-0.15, -0.1) is 0 Å². The number of para-hydroxylation sites is 1. The van der Waals surface area contributed by atoms with Gasteiger partial charge in [0.1, 0.15) is 0 Å². The van der Waals surface area contributed by atoms with Gasteiger partial charge in [-0.25, -0.2) is 0 Å². The number of aliphatic hydroxyl groups is 1. The van der Waals surface area contributed by atoms with E-state index in [0.29, 0.717) is 12.1 Å². The van der Waals surface area contributed by atoms with Crippen molar-refractivity contribution < 1.29 is 5.11 Å². The summed E-state index contributed by atoms with van der Waals surface area (Å²) in [7, 11) is 0. The monoisotopic (exact) mass is 242 g/mol. The van der Waals surface area contributed by atoms with Gasteiger partial charge in [0.05, 0.1) is 6.61 Å². The van der Waals surface area contributed by atoms with Crippen LogP contribution in [0.3, 0.4) is 0 Å². The molecular weight excluding hydrogens is 224 g/mol. The predicted octanol–water partition coefficient (Wildman–Crippen LogP) is 2.22. The Bertz CT molecular complexity index is 589. The molecular formula is C15H18N2O. The molecule has 2 atom stereocenters. The lowest BCUT2D eigenvalue weighted by Crippen LogP contribution is -2.39. The second kappa shape index (κ2) is 3.84. The van der Waals surface area contributed by atoms with E-state index >= 15 is 0 Å². The van der Waals surface area contributed by atoms with E-state index in [9.17, 15) is 5.11 Å². The average molecular weight is 242 g/mol. The number of aromatic nitrogens is 1. The van der Waals surface area contributed by atoms with Crippen LogP contribution in [0, 0.1) is 0 Å². The maximum Gasteiger partial charge on any atom is 0.0558 e. The minimum Gasteiger partial charge on any atom is -0.395 e. The van der Waals surface area contributed by atoms with Crippen LogP contribution in [0.5, 0.6) is 0 Å². The maximum absolute atomic E-state index is 9.24. The van der Waals surface area contributed by atoms with Crippen molar-refractivity contribution >= 4 is 10.9 Å². The molecule has 0 amide bonds. The van der Waals surface area contributed by atoms with Gasteiger partial charge in [0.2, 0.25) is 0 Å². The average Bonchev–Trinajstić information content (AvgIpc) is 2.88. The van der Waals surface area contributed by atoms with Crippen LogP contribution >= 0.6 is 0 Å². The molecule has 3 heterocycles. The number of H-pyrrole nitrogens is 1. The first kappa shape index (κ1) is 10.6. The third-order valence-electron chi connectivity index (χ3n) is 4.60. The molecule has 18 heavy (non-hydrogen) atoms. The fourth-order valence-electron chi connectivity index (χ4n) is 3.92. The van der Waals surface area contributed by atoms with Gasteiger partial charge in [-0.2, -0.15) is 0 Å². The van der Waals surface area contributed by atoms with Crippen molar-refractivity contribution in [2.45, 2.75) is 31.3 Å². The lowest BCUT2D eigenvalue weighted by atomic mass is 9.97. The van der Waals surface area contributed by atoms with Crippen LogP contribution in [0.2, 0.25) is 0 Å². The Morgan fingerprint density at radius 3 is 3.06 bits per heavy atom. The Balaban J connectivity index is 1.88. The smallest absolute Gasteiger partial charge is 0.0558 e. The van der Waals surface area contributed by atoms with Crippen LogP contribution in [-0.4, -0.2) is 34.2 Å². The Morgan fingerprint density at radius 2 is 2.17 bits per heavy atom. The summed E-state index contributed by atoms with van der Waals surface area (Å²) in [6, 6.07) is 9.74. The van der Waals surface area contributed by atoms with Crippen LogP contribution in [0.1, 0.15) is 30.1 Å². The van der Waals surface area contributed by atoms with E-state index in [1.807, 2.05) is 0 Å². The zero-order chi connectivity index (χ0) is 12.1. The summed E-state index contributed by atoms with van der Waals surface area (Å²) in [5.41, 5.74) is 4.18. The van der Waals surface area contributed by atoms with Gasteiger partial charge in [0.15, 0.2) is 0 Å². The highest BCUT2D eigenvalue weighted by atomic mass is 16.3. The second-order valence-electron chi connectivity index (χ2n) is 5.48. The van der Waals surface area contributed by atoms with Crippen molar-refractivity contribution in [1.82, 2.24) is 9.88 Å². The van der Waals surface area contributed by atoms with Crippen molar-refractivity contribution in [3.8, 4) is 0 Å². The standard InChI is InChI=1S/C15H18N2O/c18-8-7-17-10-5-6-14(17)15-11-3-1-2-4-12(11)16-13(15)9-10/h1-4,10,14,16,18H,5-9H2. The first-order valence-corrected chi connectivity index (χ1v) is 6.84. The molecule has 0 saturated carbocycles. The SMILES string of the molecule is OCCN1C2CCC1c1c([nH]c3ccccc13)C2. The summed E-state index contributed by atoms with van der Waals surface area (Å²) in [6.45, 7) is 1.08. The molecule has 2 bridgehead atoms. The lowest BCUT2D eigenvalue weighted by Gasteiger charge is -2.34. The minimum absolute atomic E-state index is 0.269. The van der Waals surface area contributed by atoms with E-state index in [2.05, 4.69) is 34.1 Å². The van der Waals surface area contributed by atoms with Crippen LogP contribution < -0.4 is 0 Å². The van der Waals surface area contributed by atoms with E-state index in [1.54, 1.807) is 0 Å². The van der Waals surface area contributed by atoms with E-state index in [-0.39, 0.29) is 6.61 Å². The molecule has 1 saturated heterocycles. The van der Waals surface area contributed by atoms with E-state index in [0.717, 1.165) is 13.0 Å². The number of hydrogen-bond donors (Lipinski definition) is 2. The van der Waals surface area contributed by atoms with Gasteiger partial charge in [-0.3, -0.25) is 4.90 Å². The number of hydrogen-bond acceptors (Lipinski definition) is 2. The van der Waals surface area contributed by atoms with Gasteiger partial charge >= 0.3 is 0 Å². The van der Waals surface area contributed by atoms with Crippen molar-refractivity contribution in [2.24, 2.45) is 0 Å².